The molecular weight excluding hydrogens is 228 g/mol. The van der Waals surface area contributed by atoms with Crippen molar-refractivity contribution < 1.29 is 9.53 Å². The molecule has 0 aliphatic carbocycles. The predicted octanol–water partition coefficient (Wildman–Crippen LogP) is 2.65. The summed E-state index contributed by atoms with van der Waals surface area (Å²) in [5.74, 6) is 0.171. The van der Waals surface area contributed by atoms with Gasteiger partial charge in [0.15, 0.2) is 0 Å². The molecule has 1 N–H and O–H groups in total. The number of hydrogen-bond acceptors (Lipinski definition) is 3. The minimum absolute atomic E-state index is 0.252. The zero-order valence-electron chi connectivity index (χ0n) is 10.3. The average Bonchev–Trinajstić information content (AvgIpc) is 2.41. The van der Waals surface area contributed by atoms with Crippen LogP contribution in [-0.4, -0.2) is 18.0 Å². The topological polar surface area (TPSA) is 51.2 Å². The maximum absolute atomic E-state index is 11.9. The van der Waals surface area contributed by atoms with Gasteiger partial charge in [-0.1, -0.05) is 23.8 Å². The number of amides is 1. The second-order valence-electron chi connectivity index (χ2n) is 3.89. The van der Waals surface area contributed by atoms with Crippen molar-refractivity contribution in [1.82, 2.24) is 4.98 Å². The van der Waals surface area contributed by atoms with Gasteiger partial charge in [-0.25, -0.2) is 4.98 Å². The third kappa shape index (κ3) is 2.85. The molecule has 1 aromatic carbocycles. The summed E-state index contributed by atoms with van der Waals surface area (Å²) in [6, 6.07) is 12.7. The Balaban J connectivity index is 2.14. The number of benzene rings is 1. The molecule has 2 rings (SSSR count). The van der Waals surface area contributed by atoms with Gasteiger partial charge < -0.3 is 10.1 Å². The lowest BCUT2D eigenvalue weighted by Gasteiger charge is -2.06. The Kier molecular flexibility index (Phi) is 3.57. The van der Waals surface area contributed by atoms with E-state index in [0.717, 1.165) is 11.3 Å². The van der Waals surface area contributed by atoms with Crippen molar-refractivity contribution in [3.8, 4) is 5.88 Å². The van der Waals surface area contributed by atoms with Crippen molar-refractivity contribution in [2.45, 2.75) is 6.92 Å². The number of carbonyl (C=O) groups is 1. The van der Waals surface area contributed by atoms with Gasteiger partial charge in [-0.05, 0) is 25.1 Å². The van der Waals surface area contributed by atoms with E-state index in [1.807, 2.05) is 31.2 Å². The fraction of sp³-hybridized carbons (Fsp3) is 0.143. The normalized spacial score (nSPS) is 9.89. The van der Waals surface area contributed by atoms with Crippen molar-refractivity contribution in [2.75, 3.05) is 12.4 Å². The first-order valence-corrected chi connectivity index (χ1v) is 5.58. The number of aromatic nitrogens is 1. The van der Waals surface area contributed by atoms with Crippen LogP contribution in [0.15, 0.2) is 42.5 Å². The zero-order chi connectivity index (χ0) is 13.0. The largest absolute Gasteiger partial charge is 0.481 e. The van der Waals surface area contributed by atoms with Gasteiger partial charge in [-0.15, -0.1) is 0 Å². The van der Waals surface area contributed by atoms with Gasteiger partial charge in [0.1, 0.15) is 5.69 Å². The fourth-order valence-corrected chi connectivity index (χ4v) is 1.49. The summed E-state index contributed by atoms with van der Waals surface area (Å²) in [6.45, 7) is 2.00. The SMILES string of the molecule is COc1cccc(C(=O)Nc2ccc(C)cc2)n1. The molecule has 0 aliphatic heterocycles. The Morgan fingerprint density at radius 2 is 1.89 bits per heavy atom. The van der Waals surface area contributed by atoms with Crippen molar-refractivity contribution in [2.24, 2.45) is 0 Å². The Morgan fingerprint density at radius 3 is 2.56 bits per heavy atom. The number of methoxy groups -OCH3 is 1. The summed E-state index contributed by atoms with van der Waals surface area (Å²) in [7, 11) is 1.52. The van der Waals surface area contributed by atoms with Crippen molar-refractivity contribution in [3.63, 3.8) is 0 Å². The Hall–Kier alpha value is -2.36. The lowest BCUT2D eigenvalue weighted by Crippen LogP contribution is -2.13. The molecule has 0 aliphatic rings. The van der Waals surface area contributed by atoms with E-state index in [9.17, 15) is 4.79 Å². The molecule has 0 radical (unpaired) electrons. The van der Waals surface area contributed by atoms with Crippen molar-refractivity contribution in [3.05, 3.63) is 53.7 Å². The summed E-state index contributed by atoms with van der Waals surface area (Å²) in [5, 5.41) is 2.78. The van der Waals surface area contributed by atoms with Crippen LogP contribution in [-0.2, 0) is 0 Å². The highest BCUT2D eigenvalue weighted by molar-refractivity contribution is 6.02. The molecular formula is C14H14N2O2. The smallest absolute Gasteiger partial charge is 0.274 e. The molecule has 0 saturated heterocycles. The van der Waals surface area contributed by atoms with Crippen LogP contribution in [0.25, 0.3) is 0 Å². The number of aryl methyl sites for hydroxylation is 1. The first kappa shape index (κ1) is 12.1. The van der Waals surface area contributed by atoms with Crippen LogP contribution in [0, 0.1) is 6.92 Å². The summed E-state index contributed by atoms with van der Waals surface area (Å²) in [6.07, 6.45) is 0. The fourth-order valence-electron chi connectivity index (χ4n) is 1.49. The molecule has 92 valence electrons. The van der Waals surface area contributed by atoms with Gasteiger partial charge in [0.2, 0.25) is 5.88 Å². The lowest BCUT2D eigenvalue weighted by molar-refractivity contribution is 0.102. The highest BCUT2D eigenvalue weighted by Gasteiger charge is 2.08. The molecule has 1 heterocycles. The number of carbonyl (C=O) groups excluding carboxylic acids is 1. The number of pyridine rings is 1. The molecule has 0 atom stereocenters. The van der Waals surface area contributed by atoms with Crippen LogP contribution >= 0.6 is 0 Å². The monoisotopic (exact) mass is 242 g/mol. The quantitative estimate of drug-likeness (QED) is 0.900. The predicted molar refractivity (Wildman–Crippen MR) is 69.9 cm³/mol. The van der Waals surface area contributed by atoms with E-state index in [0.29, 0.717) is 11.6 Å². The number of anilines is 1. The standard InChI is InChI=1S/C14H14N2O2/c1-10-6-8-11(9-7-10)15-14(17)12-4-3-5-13(16-12)18-2/h3-9H,1-2H3,(H,15,17). The van der Waals surface area contributed by atoms with Crippen LogP contribution in [0.3, 0.4) is 0 Å². The average molecular weight is 242 g/mol. The molecule has 0 spiro atoms. The summed E-state index contributed by atoms with van der Waals surface area (Å²) < 4.78 is 4.98. The molecule has 0 saturated carbocycles. The maximum Gasteiger partial charge on any atom is 0.274 e. The maximum atomic E-state index is 11.9. The number of nitrogens with zero attached hydrogens (tertiary/aromatic N) is 1. The third-order valence-corrected chi connectivity index (χ3v) is 2.47. The van der Waals surface area contributed by atoms with Gasteiger partial charge in [0.05, 0.1) is 7.11 Å². The Bertz CT molecular complexity index is 550. The van der Waals surface area contributed by atoms with Crippen molar-refractivity contribution >= 4 is 11.6 Å². The van der Waals surface area contributed by atoms with Crippen molar-refractivity contribution in [1.29, 1.82) is 0 Å². The molecule has 0 unspecified atom stereocenters. The van der Waals surface area contributed by atoms with Crippen LogP contribution in [0.2, 0.25) is 0 Å². The molecule has 1 amide bonds. The summed E-state index contributed by atoms with van der Waals surface area (Å²) in [5.41, 5.74) is 2.22. The summed E-state index contributed by atoms with van der Waals surface area (Å²) >= 11 is 0. The second-order valence-corrected chi connectivity index (χ2v) is 3.89. The van der Waals surface area contributed by atoms with Gasteiger partial charge in [-0.2, -0.15) is 0 Å². The van der Waals surface area contributed by atoms with E-state index < -0.39 is 0 Å². The van der Waals surface area contributed by atoms with Gasteiger partial charge in [0, 0.05) is 11.8 Å². The molecule has 4 nitrogen and oxygen atoms in total. The van der Waals surface area contributed by atoms with Crippen LogP contribution in [0.4, 0.5) is 5.69 Å². The van der Waals surface area contributed by atoms with Gasteiger partial charge in [-0.3, -0.25) is 4.79 Å². The van der Waals surface area contributed by atoms with E-state index >= 15 is 0 Å². The Morgan fingerprint density at radius 1 is 1.17 bits per heavy atom. The van der Waals surface area contributed by atoms with E-state index in [-0.39, 0.29) is 5.91 Å². The Labute approximate surface area is 106 Å². The van der Waals surface area contributed by atoms with Gasteiger partial charge in [0.25, 0.3) is 5.91 Å². The first-order chi connectivity index (χ1) is 8.69. The number of ether oxygens (including phenoxy) is 1. The molecule has 0 bridgehead atoms. The lowest BCUT2D eigenvalue weighted by atomic mass is 10.2. The third-order valence-electron chi connectivity index (χ3n) is 2.47. The van der Waals surface area contributed by atoms with Gasteiger partial charge >= 0.3 is 0 Å². The van der Waals surface area contributed by atoms with E-state index in [4.69, 9.17) is 4.74 Å². The van der Waals surface area contributed by atoms with Crippen LogP contribution in [0.5, 0.6) is 5.88 Å². The molecule has 0 fully saturated rings. The van der Waals surface area contributed by atoms with E-state index in [1.54, 1.807) is 18.2 Å². The molecule has 2 aromatic rings. The minimum Gasteiger partial charge on any atom is -0.481 e. The van der Waals surface area contributed by atoms with E-state index in [2.05, 4.69) is 10.3 Å². The molecule has 1 aromatic heterocycles. The number of nitrogens with one attached hydrogen (secondary N) is 1. The summed E-state index contributed by atoms with van der Waals surface area (Å²) in [4.78, 5) is 16.0. The van der Waals surface area contributed by atoms with E-state index in [1.165, 1.54) is 7.11 Å². The minimum atomic E-state index is -0.252. The molecule has 18 heavy (non-hydrogen) atoms. The highest BCUT2D eigenvalue weighted by atomic mass is 16.5. The number of rotatable bonds is 3. The first-order valence-electron chi connectivity index (χ1n) is 5.58. The van der Waals surface area contributed by atoms with Crippen LogP contribution in [0.1, 0.15) is 16.1 Å². The highest BCUT2D eigenvalue weighted by Crippen LogP contribution is 2.11. The second kappa shape index (κ2) is 5.31. The molecule has 4 heteroatoms. The number of hydrogen-bond donors (Lipinski definition) is 1. The van der Waals surface area contributed by atoms with Crippen LogP contribution < -0.4 is 10.1 Å². The zero-order valence-corrected chi connectivity index (χ0v) is 10.3.